The number of hydrogen-bond donors (Lipinski definition) is 0. The summed E-state index contributed by atoms with van der Waals surface area (Å²) in [5.74, 6) is 0.588. The Kier molecular flexibility index (Phi) is 1.99. The van der Waals surface area contributed by atoms with E-state index in [9.17, 15) is 8.42 Å². The van der Waals surface area contributed by atoms with E-state index in [-0.39, 0.29) is 5.22 Å². The van der Waals surface area contributed by atoms with Gasteiger partial charge in [0, 0.05) is 12.7 Å². The Morgan fingerprint density at radius 1 is 1.64 bits per heavy atom. The molecule has 0 aliphatic rings. The molecule has 0 aromatic carbocycles. The van der Waals surface area contributed by atoms with Crippen molar-refractivity contribution in [3.05, 3.63) is 12.0 Å². The number of rotatable bonds is 2. The maximum atomic E-state index is 10.8. The molecule has 62 valence electrons. The van der Waals surface area contributed by atoms with Crippen molar-refractivity contribution >= 4 is 9.84 Å². The summed E-state index contributed by atoms with van der Waals surface area (Å²) in [5.41, 5.74) is 0. The third-order valence-corrected chi connectivity index (χ3v) is 2.02. The van der Waals surface area contributed by atoms with Crippen molar-refractivity contribution in [1.82, 2.24) is 4.98 Å². The van der Waals surface area contributed by atoms with Gasteiger partial charge in [0.25, 0.3) is 0 Å². The van der Waals surface area contributed by atoms with E-state index in [0.29, 0.717) is 12.2 Å². The third kappa shape index (κ3) is 1.80. The molecule has 0 fully saturated rings. The van der Waals surface area contributed by atoms with Gasteiger partial charge >= 0.3 is 5.22 Å². The van der Waals surface area contributed by atoms with Crippen LogP contribution in [0.2, 0.25) is 0 Å². The SMILES string of the molecule is CCc1cnc(S(C)(=O)=O)o1. The highest BCUT2D eigenvalue weighted by atomic mass is 32.2. The minimum absolute atomic E-state index is 0.200. The molecule has 1 aromatic heterocycles. The molecule has 1 heterocycles. The molecule has 0 spiro atoms. The van der Waals surface area contributed by atoms with Crippen LogP contribution >= 0.6 is 0 Å². The molecule has 0 saturated carbocycles. The van der Waals surface area contributed by atoms with Crippen LogP contribution in [0.1, 0.15) is 12.7 Å². The van der Waals surface area contributed by atoms with Crippen LogP contribution in [0, 0.1) is 0 Å². The second kappa shape index (κ2) is 2.65. The average Bonchev–Trinajstić information content (AvgIpc) is 2.32. The van der Waals surface area contributed by atoms with Gasteiger partial charge in [-0.2, -0.15) is 0 Å². The van der Waals surface area contributed by atoms with Crippen LogP contribution in [0.3, 0.4) is 0 Å². The second-order valence-corrected chi connectivity index (χ2v) is 4.11. The maximum absolute atomic E-state index is 10.8. The number of hydrogen-bond acceptors (Lipinski definition) is 4. The molecule has 0 amide bonds. The van der Waals surface area contributed by atoms with Crippen LogP contribution in [0.25, 0.3) is 0 Å². The molecule has 0 N–H and O–H groups in total. The highest BCUT2D eigenvalue weighted by Gasteiger charge is 2.13. The number of sulfone groups is 1. The first kappa shape index (κ1) is 8.26. The van der Waals surface area contributed by atoms with Crippen molar-refractivity contribution in [2.24, 2.45) is 0 Å². The van der Waals surface area contributed by atoms with E-state index in [1.54, 1.807) is 0 Å². The van der Waals surface area contributed by atoms with E-state index in [2.05, 4.69) is 4.98 Å². The summed E-state index contributed by atoms with van der Waals surface area (Å²) in [7, 11) is -3.27. The topological polar surface area (TPSA) is 60.2 Å². The zero-order chi connectivity index (χ0) is 8.48. The first-order valence-electron chi connectivity index (χ1n) is 3.19. The largest absolute Gasteiger partial charge is 0.433 e. The molecule has 0 unspecified atom stereocenters. The molecule has 0 aliphatic carbocycles. The smallest absolute Gasteiger partial charge is 0.314 e. The molecule has 0 saturated heterocycles. The van der Waals surface area contributed by atoms with E-state index in [4.69, 9.17) is 4.42 Å². The summed E-state index contributed by atoms with van der Waals surface area (Å²) in [5, 5.41) is -0.200. The van der Waals surface area contributed by atoms with Gasteiger partial charge in [-0.1, -0.05) is 6.92 Å². The summed E-state index contributed by atoms with van der Waals surface area (Å²) < 4.78 is 26.5. The highest BCUT2D eigenvalue weighted by molar-refractivity contribution is 7.90. The fourth-order valence-corrected chi connectivity index (χ4v) is 1.13. The zero-order valence-corrected chi connectivity index (χ0v) is 7.18. The van der Waals surface area contributed by atoms with Gasteiger partial charge in [0.2, 0.25) is 9.84 Å². The third-order valence-electron chi connectivity index (χ3n) is 1.20. The summed E-state index contributed by atoms with van der Waals surface area (Å²) in [6.45, 7) is 1.87. The summed E-state index contributed by atoms with van der Waals surface area (Å²) in [6, 6.07) is 0. The molecule has 11 heavy (non-hydrogen) atoms. The van der Waals surface area contributed by atoms with E-state index in [0.717, 1.165) is 6.26 Å². The Morgan fingerprint density at radius 2 is 2.27 bits per heavy atom. The number of aromatic nitrogens is 1. The van der Waals surface area contributed by atoms with E-state index in [1.165, 1.54) is 6.20 Å². The summed E-state index contributed by atoms with van der Waals surface area (Å²) in [4.78, 5) is 3.60. The fourth-order valence-electron chi connectivity index (χ4n) is 0.624. The minimum Gasteiger partial charge on any atom is -0.433 e. The summed E-state index contributed by atoms with van der Waals surface area (Å²) >= 11 is 0. The lowest BCUT2D eigenvalue weighted by atomic mass is 10.4. The minimum atomic E-state index is -3.27. The molecule has 4 nitrogen and oxygen atoms in total. The van der Waals surface area contributed by atoms with Gasteiger partial charge in [-0.05, 0) is 0 Å². The van der Waals surface area contributed by atoms with Crippen LogP contribution in [0.15, 0.2) is 15.8 Å². The van der Waals surface area contributed by atoms with Crippen molar-refractivity contribution in [2.75, 3.05) is 6.26 Å². The van der Waals surface area contributed by atoms with Crippen molar-refractivity contribution in [3.8, 4) is 0 Å². The normalized spacial score (nSPS) is 11.8. The molecule has 5 heteroatoms. The fraction of sp³-hybridized carbons (Fsp3) is 0.500. The molecule has 1 rings (SSSR count). The molecule has 1 aromatic rings. The second-order valence-electron chi connectivity index (χ2n) is 2.22. The lowest BCUT2D eigenvalue weighted by Crippen LogP contribution is -1.96. The Morgan fingerprint density at radius 3 is 2.55 bits per heavy atom. The van der Waals surface area contributed by atoms with Crippen LogP contribution < -0.4 is 0 Å². The summed E-state index contributed by atoms with van der Waals surface area (Å²) in [6.07, 6.45) is 3.15. The lowest BCUT2D eigenvalue weighted by molar-refractivity contribution is 0.403. The Hall–Kier alpha value is -0.840. The lowest BCUT2D eigenvalue weighted by Gasteiger charge is -1.87. The van der Waals surface area contributed by atoms with E-state index >= 15 is 0 Å². The molecular weight excluding hydrogens is 166 g/mol. The van der Waals surface area contributed by atoms with Gasteiger partial charge < -0.3 is 4.42 Å². The molecule has 0 bridgehead atoms. The van der Waals surface area contributed by atoms with Crippen molar-refractivity contribution in [1.29, 1.82) is 0 Å². The number of oxazole rings is 1. The number of nitrogens with zero attached hydrogens (tertiary/aromatic N) is 1. The van der Waals surface area contributed by atoms with Gasteiger partial charge in [0.1, 0.15) is 5.76 Å². The van der Waals surface area contributed by atoms with Gasteiger partial charge in [-0.3, -0.25) is 0 Å². The average molecular weight is 175 g/mol. The molecular formula is C6H9NO3S. The van der Waals surface area contributed by atoms with Crippen molar-refractivity contribution < 1.29 is 12.8 Å². The first-order chi connectivity index (χ1) is 5.04. The van der Waals surface area contributed by atoms with Crippen LogP contribution in [-0.2, 0) is 16.3 Å². The predicted octanol–water partition coefficient (Wildman–Crippen LogP) is 0.641. The Labute approximate surface area is 65.2 Å². The quantitative estimate of drug-likeness (QED) is 0.661. The van der Waals surface area contributed by atoms with Gasteiger partial charge in [-0.25, -0.2) is 13.4 Å². The van der Waals surface area contributed by atoms with E-state index < -0.39 is 9.84 Å². The first-order valence-corrected chi connectivity index (χ1v) is 5.08. The van der Waals surface area contributed by atoms with Gasteiger partial charge in [0.05, 0.1) is 6.20 Å². The Bertz CT molecular complexity index is 338. The molecule has 0 aliphatic heterocycles. The highest BCUT2D eigenvalue weighted by Crippen LogP contribution is 2.09. The molecule has 0 radical (unpaired) electrons. The van der Waals surface area contributed by atoms with E-state index in [1.807, 2.05) is 6.92 Å². The van der Waals surface area contributed by atoms with Gasteiger partial charge in [-0.15, -0.1) is 0 Å². The monoisotopic (exact) mass is 175 g/mol. The van der Waals surface area contributed by atoms with Crippen molar-refractivity contribution in [2.45, 2.75) is 18.6 Å². The van der Waals surface area contributed by atoms with Crippen LogP contribution in [0.5, 0.6) is 0 Å². The van der Waals surface area contributed by atoms with Crippen LogP contribution in [-0.4, -0.2) is 19.7 Å². The Balaban J connectivity index is 3.09. The van der Waals surface area contributed by atoms with Gasteiger partial charge in [0.15, 0.2) is 0 Å². The van der Waals surface area contributed by atoms with Crippen LogP contribution in [0.4, 0.5) is 0 Å². The maximum Gasteiger partial charge on any atom is 0.314 e. The van der Waals surface area contributed by atoms with Crippen molar-refractivity contribution in [3.63, 3.8) is 0 Å². The molecule has 0 atom stereocenters. The number of aryl methyl sites for hydroxylation is 1. The predicted molar refractivity (Wildman–Crippen MR) is 39.0 cm³/mol. The zero-order valence-electron chi connectivity index (χ0n) is 6.36. The standard InChI is InChI=1S/C6H9NO3S/c1-3-5-4-7-6(10-5)11(2,8)9/h4H,3H2,1-2H3.